The third-order valence-electron chi connectivity index (χ3n) is 9.44. The minimum absolute atomic E-state index is 0.508. The number of rotatable bonds is 9. The Balaban J connectivity index is 1.46. The van der Waals surface area contributed by atoms with Gasteiger partial charge in [0.1, 0.15) is 0 Å². The fourth-order valence-corrected chi connectivity index (χ4v) is 14.1. The first-order valence-electron chi connectivity index (χ1n) is 17.3. The van der Waals surface area contributed by atoms with E-state index in [-0.39, 0.29) is 0 Å². The fraction of sp³-hybridized carbons (Fsp3) is 0.0213. The van der Waals surface area contributed by atoms with Crippen LogP contribution >= 0.6 is 14.1 Å². The van der Waals surface area contributed by atoms with Crippen molar-refractivity contribution in [2.75, 3.05) is 0 Å². The van der Waals surface area contributed by atoms with Gasteiger partial charge in [-0.05, 0) is 28.5 Å². The molecule has 0 bridgehead atoms. The minimum atomic E-state index is -2.53. The minimum Gasteiger partial charge on any atom is -0.285 e. The summed E-state index contributed by atoms with van der Waals surface area (Å²) in [7, 11) is -4.96. The van der Waals surface area contributed by atoms with Gasteiger partial charge in [-0.3, -0.25) is 9.49 Å². The second-order valence-corrected chi connectivity index (χ2v) is 18.6. The lowest BCUT2D eigenvalue weighted by atomic mass is 10.1. The van der Waals surface area contributed by atoms with Gasteiger partial charge in [-0.1, -0.05) is 206 Å². The maximum Gasteiger partial charge on any atom is 0.0682 e. The van der Waals surface area contributed by atoms with Crippen molar-refractivity contribution in [1.82, 2.24) is 0 Å². The van der Waals surface area contributed by atoms with Crippen molar-refractivity contribution in [3.63, 3.8) is 0 Å². The largest absolute Gasteiger partial charge is 0.285 e. The van der Waals surface area contributed by atoms with E-state index in [9.17, 15) is 0 Å². The van der Waals surface area contributed by atoms with E-state index in [2.05, 4.69) is 218 Å². The van der Waals surface area contributed by atoms with Crippen molar-refractivity contribution in [2.45, 2.75) is 6.54 Å². The summed E-state index contributed by atoms with van der Waals surface area (Å²) < 4.78 is 11.9. The molecule has 0 saturated heterocycles. The molecule has 0 aliphatic heterocycles. The van der Waals surface area contributed by atoms with Crippen LogP contribution in [0.3, 0.4) is 0 Å². The first kappa shape index (κ1) is 32.7. The highest BCUT2D eigenvalue weighted by atomic mass is 31.2. The van der Waals surface area contributed by atoms with Crippen LogP contribution in [-0.4, -0.2) is 0 Å². The third-order valence-corrected chi connectivity index (χ3v) is 16.8. The molecule has 0 amide bonds. The fourth-order valence-electron chi connectivity index (χ4n) is 7.01. The van der Waals surface area contributed by atoms with Gasteiger partial charge in [-0.25, -0.2) is 0 Å². The standard InChI is InChI=1S/C47H38N2P2/c1-7-23-41(24-8-1)50(42-25-9-2-10-26-42,43-27-11-3-12-28-43)48-37-40-35-38-21-19-20-22-39(38)36-47(40)49-51(44-29-13-4-14-30-44,45-31-15-5-16-32-45)46-33-17-6-18-34-46/h1-36H,37H2. The molecule has 51 heavy (non-hydrogen) atoms. The number of nitrogens with zero attached hydrogens (tertiary/aromatic N) is 2. The normalized spacial score (nSPS) is 11.6. The van der Waals surface area contributed by atoms with Crippen LogP contribution in [0.25, 0.3) is 10.8 Å². The molecule has 0 fully saturated rings. The van der Waals surface area contributed by atoms with Crippen LogP contribution in [-0.2, 0) is 6.54 Å². The lowest BCUT2D eigenvalue weighted by Crippen LogP contribution is -2.25. The molecular formula is C47H38N2P2. The highest BCUT2D eigenvalue weighted by molar-refractivity contribution is 7.87. The number of hydrogen-bond acceptors (Lipinski definition) is 2. The molecule has 246 valence electrons. The summed E-state index contributed by atoms with van der Waals surface area (Å²) in [6.07, 6.45) is 0. The highest BCUT2D eigenvalue weighted by Crippen LogP contribution is 2.51. The molecule has 0 aromatic heterocycles. The van der Waals surface area contributed by atoms with E-state index in [1.165, 1.54) is 42.6 Å². The van der Waals surface area contributed by atoms with Gasteiger partial charge in [0.25, 0.3) is 0 Å². The van der Waals surface area contributed by atoms with Crippen molar-refractivity contribution in [1.29, 1.82) is 0 Å². The summed E-state index contributed by atoms with van der Waals surface area (Å²) in [4.78, 5) is 0. The molecule has 8 aromatic rings. The molecule has 0 heterocycles. The van der Waals surface area contributed by atoms with E-state index in [4.69, 9.17) is 9.49 Å². The average Bonchev–Trinajstić information content (AvgIpc) is 3.22. The van der Waals surface area contributed by atoms with Gasteiger partial charge in [0.2, 0.25) is 0 Å². The summed E-state index contributed by atoms with van der Waals surface area (Å²) in [6, 6.07) is 78.4. The lowest BCUT2D eigenvalue weighted by Gasteiger charge is -2.28. The quantitative estimate of drug-likeness (QED) is 0.135. The van der Waals surface area contributed by atoms with Crippen LogP contribution in [0.5, 0.6) is 0 Å². The highest BCUT2D eigenvalue weighted by Gasteiger charge is 2.29. The molecule has 0 atom stereocenters. The van der Waals surface area contributed by atoms with Crippen molar-refractivity contribution >= 4 is 62.4 Å². The Bertz CT molecular complexity index is 2280. The van der Waals surface area contributed by atoms with Crippen molar-refractivity contribution in [3.05, 3.63) is 224 Å². The Morgan fingerprint density at radius 2 is 0.608 bits per heavy atom. The van der Waals surface area contributed by atoms with Crippen LogP contribution in [0.2, 0.25) is 0 Å². The first-order valence-corrected chi connectivity index (χ1v) is 20.8. The molecule has 2 nitrogen and oxygen atoms in total. The Labute approximate surface area is 301 Å². The maximum absolute atomic E-state index is 6.03. The molecule has 0 N–H and O–H groups in total. The Hall–Kier alpha value is -5.52. The zero-order valence-corrected chi connectivity index (χ0v) is 30.1. The van der Waals surface area contributed by atoms with E-state index in [1.54, 1.807) is 0 Å². The van der Waals surface area contributed by atoms with Gasteiger partial charge in [-0.2, -0.15) is 0 Å². The summed E-state index contributed by atoms with van der Waals surface area (Å²) >= 11 is 0. The molecule has 8 rings (SSSR count). The van der Waals surface area contributed by atoms with Gasteiger partial charge >= 0.3 is 0 Å². The van der Waals surface area contributed by atoms with E-state index in [1.807, 2.05) is 0 Å². The van der Waals surface area contributed by atoms with Gasteiger partial charge < -0.3 is 0 Å². The lowest BCUT2D eigenvalue weighted by molar-refractivity contribution is 1.09. The van der Waals surface area contributed by atoms with Crippen LogP contribution in [0.1, 0.15) is 5.56 Å². The van der Waals surface area contributed by atoms with Crippen LogP contribution in [0.15, 0.2) is 228 Å². The molecule has 4 heteroatoms. The molecule has 0 aliphatic rings. The van der Waals surface area contributed by atoms with Gasteiger partial charge in [-0.15, -0.1) is 0 Å². The topological polar surface area (TPSA) is 24.7 Å². The zero-order chi connectivity index (χ0) is 34.4. The molecule has 0 spiro atoms. The number of hydrogen-bond donors (Lipinski definition) is 0. The summed E-state index contributed by atoms with van der Waals surface area (Å²) in [6.45, 7) is 0.508. The summed E-state index contributed by atoms with van der Waals surface area (Å²) in [5.41, 5.74) is 2.10. The summed E-state index contributed by atoms with van der Waals surface area (Å²) in [5.74, 6) is 0. The van der Waals surface area contributed by atoms with Crippen LogP contribution in [0.4, 0.5) is 5.69 Å². The zero-order valence-electron chi connectivity index (χ0n) is 28.3. The predicted octanol–water partition coefficient (Wildman–Crippen LogP) is 10.3. The van der Waals surface area contributed by atoms with E-state index in [0.717, 1.165) is 11.3 Å². The Kier molecular flexibility index (Phi) is 9.46. The van der Waals surface area contributed by atoms with Crippen molar-refractivity contribution in [3.8, 4) is 0 Å². The Morgan fingerprint density at radius 1 is 0.314 bits per heavy atom. The molecule has 0 aliphatic carbocycles. The average molecular weight is 693 g/mol. The van der Waals surface area contributed by atoms with Crippen LogP contribution < -0.4 is 31.8 Å². The van der Waals surface area contributed by atoms with Gasteiger partial charge in [0.15, 0.2) is 0 Å². The number of fused-ring (bicyclic) bond motifs is 1. The van der Waals surface area contributed by atoms with Crippen LogP contribution in [0, 0.1) is 0 Å². The van der Waals surface area contributed by atoms with E-state index in [0.29, 0.717) is 6.54 Å². The Morgan fingerprint density at radius 3 is 0.961 bits per heavy atom. The molecule has 0 unspecified atom stereocenters. The molecule has 0 radical (unpaired) electrons. The smallest absolute Gasteiger partial charge is 0.0682 e. The molecule has 8 aromatic carbocycles. The molecule has 0 saturated carbocycles. The molecular weight excluding hydrogens is 654 g/mol. The maximum atomic E-state index is 6.03. The van der Waals surface area contributed by atoms with Crippen molar-refractivity contribution in [2.24, 2.45) is 9.49 Å². The summed E-state index contributed by atoms with van der Waals surface area (Å²) in [5, 5.41) is 9.73. The SMILES string of the molecule is c1ccc(P(=NCc2cc3ccccc3cc2N=P(c2ccccc2)(c2ccccc2)c2ccccc2)(c2ccccc2)c2ccccc2)cc1. The number of benzene rings is 8. The van der Waals surface area contributed by atoms with Gasteiger partial charge in [0, 0.05) is 31.8 Å². The van der Waals surface area contributed by atoms with Crippen molar-refractivity contribution < 1.29 is 0 Å². The predicted molar refractivity (Wildman–Crippen MR) is 222 cm³/mol. The third kappa shape index (κ3) is 6.34. The second kappa shape index (κ2) is 14.8. The van der Waals surface area contributed by atoms with E-state index < -0.39 is 14.1 Å². The second-order valence-electron chi connectivity index (χ2n) is 12.5. The monoisotopic (exact) mass is 692 g/mol. The first-order chi connectivity index (χ1) is 25.3. The van der Waals surface area contributed by atoms with Gasteiger partial charge in [0.05, 0.1) is 26.3 Å². The van der Waals surface area contributed by atoms with E-state index >= 15 is 0 Å².